The highest BCUT2D eigenvalue weighted by molar-refractivity contribution is 6.01. The molecule has 0 radical (unpaired) electrons. The number of ether oxygens (including phenoxy) is 2. The second-order valence-electron chi connectivity index (χ2n) is 10.9. The topological polar surface area (TPSA) is 82.7 Å². The Hall–Kier alpha value is -3.20. The van der Waals surface area contributed by atoms with Gasteiger partial charge in [0, 0.05) is 62.3 Å². The van der Waals surface area contributed by atoms with Crippen LogP contribution in [-0.2, 0) is 23.0 Å². The number of hydrogen-bond acceptors (Lipinski definition) is 6. The number of carbonyl (C=O) groups excluding carboxylic acids is 1. The number of fused-ring (bicyclic) bond motifs is 6. The van der Waals surface area contributed by atoms with Gasteiger partial charge in [0.15, 0.2) is 0 Å². The number of likely N-dealkylation sites (N-methyl/N-ethyl adjacent to an activating group) is 1. The summed E-state index contributed by atoms with van der Waals surface area (Å²) in [6.07, 6.45) is 3.77. The first-order valence-electron chi connectivity index (χ1n) is 13.3. The summed E-state index contributed by atoms with van der Waals surface area (Å²) >= 11 is 0. The molecule has 2 fully saturated rings. The van der Waals surface area contributed by atoms with Gasteiger partial charge < -0.3 is 24.7 Å². The molecule has 192 valence electrons. The van der Waals surface area contributed by atoms with Crippen molar-refractivity contribution in [3.8, 4) is 28.3 Å². The van der Waals surface area contributed by atoms with Gasteiger partial charge in [-0.2, -0.15) is 0 Å². The van der Waals surface area contributed by atoms with Crippen LogP contribution in [0.5, 0.6) is 5.75 Å². The second-order valence-corrected chi connectivity index (χ2v) is 10.9. The Morgan fingerprint density at radius 2 is 1.95 bits per heavy atom. The molecule has 2 N–H and O–H groups in total. The van der Waals surface area contributed by atoms with Crippen molar-refractivity contribution >= 4 is 5.91 Å². The number of aromatic amines is 1. The Labute approximate surface area is 217 Å². The van der Waals surface area contributed by atoms with E-state index in [1.807, 2.05) is 18.3 Å². The number of nitrogens with zero attached hydrogens (tertiary/aromatic N) is 3. The van der Waals surface area contributed by atoms with Crippen molar-refractivity contribution in [1.29, 1.82) is 0 Å². The average Bonchev–Trinajstić information content (AvgIpc) is 3.32. The van der Waals surface area contributed by atoms with Crippen LogP contribution in [0.2, 0.25) is 0 Å². The quantitative estimate of drug-likeness (QED) is 0.561. The summed E-state index contributed by atoms with van der Waals surface area (Å²) in [6, 6.07) is 10.4. The van der Waals surface area contributed by atoms with Gasteiger partial charge in [0.25, 0.3) is 5.91 Å². The first-order chi connectivity index (χ1) is 18.1. The molecular formula is C29H33N5O3. The lowest BCUT2D eigenvalue weighted by Gasteiger charge is -2.50. The normalized spacial score (nSPS) is 20.5. The Morgan fingerprint density at radius 1 is 1.14 bits per heavy atom. The SMILES string of the molecule is CN1CC2(CNC(=O)c3c2[nH]c2c3CCc3cnc(-c4ccc(OCCN5CCOCC5)cc4)cc3-2)C1. The number of aromatic nitrogens is 2. The molecule has 0 atom stereocenters. The van der Waals surface area contributed by atoms with Gasteiger partial charge in [0.2, 0.25) is 0 Å². The number of likely N-dealkylation sites (tertiary alicyclic amines) is 1. The number of rotatable bonds is 5. The zero-order valence-electron chi connectivity index (χ0n) is 21.3. The molecule has 2 aromatic heterocycles. The molecule has 4 aliphatic rings. The van der Waals surface area contributed by atoms with E-state index in [1.165, 1.54) is 11.1 Å². The van der Waals surface area contributed by atoms with Crippen LogP contribution >= 0.6 is 0 Å². The Kier molecular flexibility index (Phi) is 5.57. The maximum atomic E-state index is 12.9. The molecule has 37 heavy (non-hydrogen) atoms. The van der Waals surface area contributed by atoms with Gasteiger partial charge in [0.1, 0.15) is 12.4 Å². The molecule has 3 aliphatic heterocycles. The summed E-state index contributed by atoms with van der Waals surface area (Å²) in [5.41, 5.74) is 8.67. The van der Waals surface area contributed by atoms with E-state index in [0.717, 1.165) is 98.3 Å². The van der Waals surface area contributed by atoms with Crippen LogP contribution in [0.1, 0.15) is 27.2 Å². The molecular weight excluding hydrogens is 466 g/mol. The Balaban J connectivity index is 1.13. The molecule has 1 aliphatic carbocycles. The van der Waals surface area contributed by atoms with E-state index in [-0.39, 0.29) is 11.3 Å². The molecule has 2 saturated heterocycles. The lowest BCUT2D eigenvalue weighted by molar-refractivity contribution is 0.0322. The van der Waals surface area contributed by atoms with E-state index in [4.69, 9.17) is 14.5 Å². The van der Waals surface area contributed by atoms with Gasteiger partial charge >= 0.3 is 0 Å². The number of benzene rings is 1. The smallest absolute Gasteiger partial charge is 0.253 e. The number of carbonyl (C=O) groups is 1. The van der Waals surface area contributed by atoms with E-state index in [9.17, 15) is 4.79 Å². The fourth-order valence-electron chi connectivity index (χ4n) is 6.52. The molecule has 3 aromatic rings. The van der Waals surface area contributed by atoms with Crippen LogP contribution in [0.15, 0.2) is 36.5 Å². The number of hydrogen-bond donors (Lipinski definition) is 2. The average molecular weight is 500 g/mol. The number of aryl methyl sites for hydroxylation is 1. The van der Waals surface area contributed by atoms with Crippen LogP contribution in [0.3, 0.4) is 0 Å². The largest absolute Gasteiger partial charge is 0.492 e. The minimum atomic E-state index is 0.00294. The predicted molar refractivity (Wildman–Crippen MR) is 141 cm³/mol. The summed E-state index contributed by atoms with van der Waals surface area (Å²) in [6.45, 7) is 7.78. The molecule has 1 spiro atoms. The zero-order chi connectivity index (χ0) is 25.0. The number of amides is 1. The third-order valence-corrected chi connectivity index (χ3v) is 8.42. The summed E-state index contributed by atoms with van der Waals surface area (Å²) < 4.78 is 11.4. The van der Waals surface area contributed by atoms with Crippen molar-refractivity contribution < 1.29 is 14.3 Å². The van der Waals surface area contributed by atoms with E-state index < -0.39 is 0 Å². The third kappa shape index (κ3) is 3.95. The van der Waals surface area contributed by atoms with Crippen molar-refractivity contribution in [3.05, 3.63) is 58.9 Å². The van der Waals surface area contributed by atoms with Gasteiger partial charge in [-0.05, 0) is 61.3 Å². The number of pyridine rings is 1. The number of H-pyrrole nitrogens is 1. The molecule has 8 heteroatoms. The van der Waals surface area contributed by atoms with Crippen molar-refractivity contribution in [2.24, 2.45) is 0 Å². The van der Waals surface area contributed by atoms with E-state index in [1.54, 1.807) is 0 Å². The molecule has 1 aromatic carbocycles. The van der Waals surface area contributed by atoms with Gasteiger partial charge in [-0.25, -0.2) is 0 Å². The highest BCUT2D eigenvalue weighted by Crippen LogP contribution is 2.44. The highest BCUT2D eigenvalue weighted by atomic mass is 16.5. The highest BCUT2D eigenvalue weighted by Gasteiger charge is 2.50. The molecule has 5 heterocycles. The molecule has 0 saturated carbocycles. The number of morpholine rings is 1. The van der Waals surface area contributed by atoms with E-state index in [0.29, 0.717) is 13.2 Å². The summed E-state index contributed by atoms with van der Waals surface area (Å²) in [4.78, 5) is 26.2. The summed E-state index contributed by atoms with van der Waals surface area (Å²) in [7, 11) is 2.14. The maximum Gasteiger partial charge on any atom is 0.253 e. The van der Waals surface area contributed by atoms with Crippen LogP contribution in [0.4, 0.5) is 0 Å². The summed E-state index contributed by atoms with van der Waals surface area (Å²) in [5.74, 6) is 0.936. The van der Waals surface area contributed by atoms with Gasteiger partial charge in [-0.1, -0.05) is 0 Å². The minimum absolute atomic E-state index is 0.00294. The number of nitrogens with one attached hydrogen (secondary N) is 2. The van der Waals surface area contributed by atoms with Crippen LogP contribution in [-0.4, -0.2) is 91.8 Å². The Morgan fingerprint density at radius 3 is 2.73 bits per heavy atom. The fraction of sp³-hybridized carbons (Fsp3) is 0.448. The molecule has 8 nitrogen and oxygen atoms in total. The van der Waals surface area contributed by atoms with Crippen LogP contribution < -0.4 is 10.1 Å². The van der Waals surface area contributed by atoms with Crippen molar-refractivity contribution in [1.82, 2.24) is 25.1 Å². The van der Waals surface area contributed by atoms with Crippen LogP contribution in [0, 0.1) is 0 Å². The molecule has 7 rings (SSSR count). The van der Waals surface area contributed by atoms with Crippen molar-refractivity contribution in [3.63, 3.8) is 0 Å². The first-order valence-corrected chi connectivity index (χ1v) is 13.3. The maximum absolute atomic E-state index is 12.9. The second kappa shape index (κ2) is 8.97. The van der Waals surface area contributed by atoms with Crippen molar-refractivity contribution in [2.75, 3.05) is 66.1 Å². The lowest BCUT2D eigenvalue weighted by Crippen LogP contribution is -2.65. The molecule has 0 bridgehead atoms. The van der Waals surface area contributed by atoms with Gasteiger partial charge in [-0.15, -0.1) is 0 Å². The van der Waals surface area contributed by atoms with Gasteiger partial charge in [-0.3, -0.25) is 14.7 Å². The zero-order valence-corrected chi connectivity index (χ0v) is 21.3. The monoisotopic (exact) mass is 499 g/mol. The predicted octanol–water partition coefficient (Wildman–Crippen LogP) is 2.48. The van der Waals surface area contributed by atoms with E-state index >= 15 is 0 Å². The molecule has 1 amide bonds. The Bertz CT molecular complexity index is 1340. The summed E-state index contributed by atoms with van der Waals surface area (Å²) in [5, 5.41) is 3.17. The lowest BCUT2D eigenvalue weighted by atomic mass is 9.73. The minimum Gasteiger partial charge on any atom is -0.492 e. The first kappa shape index (κ1) is 23.0. The third-order valence-electron chi connectivity index (χ3n) is 8.42. The fourth-order valence-corrected chi connectivity index (χ4v) is 6.52. The van der Waals surface area contributed by atoms with Gasteiger partial charge in [0.05, 0.1) is 35.6 Å². The van der Waals surface area contributed by atoms with Crippen molar-refractivity contribution in [2.45, 2.75) is 18.3 Å². The standard InChI is InChI=1S/C29H33N5O3/c1-33-17-29(18-33)16-31-28(35)25-22-7-4-20-15-30-24(14-23(20)26(22)32-27(25)29)19-2-5-21(6-3-19)37-13-10-34-8-11-36-12-9-34/h2-3,5-6,14-15,32H,4,7-13,16-18H2,1H3,(H,31,35). The molecule has 0 unspecified atom stereocenters. The van der Waals surface area contributed by atoms with E-state index in [2.05, 4.69) is 45.3 Å². The van der Waals surface area contributed by atoms with Crippen LogP contribution in [0.25, 0.3) is 22.5 Å².